The van der Waals surface area contributed by atoms with E-state index in [-0.39, 0.29) is 18.2 Å². The van der Waals surface area contributed by atoms with Crippen LogP contribution in [0.5, 0.6) is 0 Å². The van der Waals surface area contributed by atoms with E-state index in [0.29, 0.717) is 11.0 Å². The van der Waals surface area contributed by atoms with Crippen molar-refractivity contribution in [1.29, 1.82) is 0 Å². The minimum Gasteiger partial charge on any atom is -0.257 e. The lowest BCUT2D eigenvalue weighted by Gasteiger charge is -1.92. The van der Waals surface area contributed by atoms with Crippen molar-refractivity contribution < 1.29 is 4.39 Å². The smallest absolute Gasteiger partial charge is 0.145 e. The van der Waals surface area contributed by atoms with Crippen molar-refractivity contribution in [2.24, 2.45) is 0 Å². The van der Waals surface area contributed by atoms with E-state index in [2.05, 4.69) is 20.9 Å². The number of nitrogens with zero attached hydrogens (tertiary/aromatic N) is 1. The predicted octanol–water partition coefficient (Wildman–Crippen LogP) is 2.54. The summed E-state index contributed by atoms with van der Waals surface area (Å²) in [5, 5.41) is 0.472. The molecule has 0 aromatic carbocycles. The summed E-state index contributed by atoms with van der Waals surface area (Å²) in [4.78, 5) is 3.77. The van der Waals surface area contributed by atoms with E-state index < -0.39 is 0 Å². The third-order valence-electron chi connectivity index (χ3n) is 0.961. The summed E-state index contributed by atoms with van der Waals surface area (Å²) in [5.41, 5.74) is 0.456. The van der Waals surface area contributed by atoms with Gasteiger partial charge in [-0.3, -0.25) is 4.98 Å². The molecule has 0 saturated carbocycles. The van der Waals surface area contributed by atoms with Crippen molar-refractivity contribution in [3.8, 4) is 0 Å². The van der Waals surface area contributed by atoms with Crippen LogP contribution in [-0.2, 0) is 5.33 Å². The van der Waals surface area contributed by atoms with Gasteiger partial charge in [0.2, 0.25) is 0 Å². The standard InChI is InChI=1S/C6H5BrFN.ClH/c7-4-6-5(8)2-1-3-9-6;/h1-3H,4H2;1H. The second kappa shape index (κ2) is 4.63. The lowest BCUT2D eigenvalue weighted by molar-refractivity contribution is 0.608. The number of hydrogen-bond donors (Lipinski definition) is 0. The first-order valence-electron chi connectivity index (χ1n) is 2.50. The first-order valence-corrected chi connectivity index (χ1v) is 3.62. The molecule has 0 amide bonds. The van der Waals surface area contributed by atoms with Gasteiger partial charge in [-0.15, -0.1) is 12.4 Å². The maximum atomic E-state index is 12.5. The van der Waals surface area contributed by atoms with Crippen LogP contribution in [0.1, 0.15) is 5.69 Å². The van der Waals surface area contributed by atoms with Gasteiger partial charge in [0.05, 0.1) is 5.69 Å². The number of rotatable bonds is 1. The molecule has 0 atom stereocenters. The van der Waals surface area contributed by atoms with Crippen molar-refractivity contribution >= 4 is 28.3 Å². The van der Waals surface area contributed by atoms with E-state index in [1.54, 1.807) is 12.3 Å². The Hall–Kier alpha value is -0.150. The summed E-state index contributed by atoms with van der Waals surface area (Å²) >= 11 is 3.11. The molecule has 0 N–H and O–H groups in total. The molecule has 4 heteroatoms. The van der Waals surface area contributed by atoms with E-state index in [0.717, 1.165) is 0 Å². The van der Waals surface area contributed by atoms with Gasteiger partial charge in [0.15, 0.2) is 0 Å². The summed E-state index contributed by atoms with van der Waals surface area (Å²) < 4.78 is 12.5. The second-order valence-corrected chi connectivity index (χ2v) is 2.13. The van der Waals surface area contributed by atoms with Gasteiger partial charge in [0.1, 0.15) is 5.82 Å². The lowest BCUT2D eigenvalue weighted by Crippen LogP contribution is -1.87. The van der Waals surface area contributed by atoms with Crippen LogP contribution in [0.15, 0.2) is 18.3 Å². The molecule has 0 spiro atoms. The molecule has 0 aliphatic rings. The molecule has 56 valence electrons. The first kappa shape index (κ1) is 9.85. The molecule has 1 aromatic heterocycles. The maximum absolute atomic E-state index is 12.5. The van der Waals surface area contributed by atoms with Crippen molar-refractivity contribution in [2.45, 2.75) is 5.33 Å². The van der Waals surface area contributed by atoms with Gasteiger partial charge in [-0.1, -0.05) is 15.9 Å². The highest BCUT2D eigenvalue weighted by Crippen LogP contribution is 2.05. The van der Waals surface area contributed by atoms with E-state index in [9.17, 15) is 4.39 Å². The van der Waals surface area contributed by atoms with Crippen LogP contribution in [0.3, 0.4) is 0 Å². The fourth-order valence-electron chi connectivity index (χ4n) is 0.517. The second-order valence-electron chi connectivity index (χ2n) is 1.57. The number of aromatic nitrogens is 1. The number of halogens is 3. The van der Waals surface area contributed by atoms with Crippen molar-refractivity contribution in [1.82, 2.24) is 4.98 Å². The predicted molar refractivity (Wildman–Crippen MR) is 44.1 cm³/mol. The molecule has 0 saturated heterocycles. The van der Waals surface area contributed by atoms with Gasteiger partial charge in [0.25, 0.3) is 0 Å². The largest absolute Gasteiger partial charge is 0.257 e. The molecular weight excluding hydrogens is 220 g/mol. The summed E-state index contributed by atoms with van der Waals surface area (Å²) in [6.07, 6.45) is 1.57. The van der Waals surface area contributed by atoms with Gasteiger partial charge in [-0.05, 0) is 12.1 Å². The van der Waals surface area contributed by atoms with Gasteiger partial charge >= 0.3 is 0 Å². The fraction of sp³-hybridized carbons (Fsp3) is 0.167. The average Bonchev–Trinajstić information content (AvgIpc) is 1.89. The topological polar surface area (TPSA) is 12.9 Å². The zero-order valence-electron chi connectivity index (χ0n) is 5.05. The lowest BCUT2D eigenvalue weighted by atomic mass is 10.4. The van der Waals surface area contributed by atoms with Crippen LogP contribution in [0.4, 0.5) is 4.39 Å². The Balaban J connectivity index is 0.000000810. The van der Waals surface area contributed by atoms with Crippen LogP contribution in [0.2, 0.25) is 0 Å². The minimum atomic E-state index is -0.255. The minimum absolute atomic E-state index is 0. The number of hydrogen-bond acceptors (Lipinski definition) is 1. The Bertz CT molecular complexity index is 207. The molecule has 10 heavy (non-hydrogen) atoms. The van der Waals surface area contributed by atoms with Crippen LogP contribution in [-0.4, -0.2) is 4.98 Å². The third kappa shape index (κ3) is 2.23. The third-order valence-corrected chi connectivity index (χ3v) is 1.49. The number of pyridine rings is 1. The summed E-state index contributed by atoms with van der Waals surface area (Å²) in [6, 6.07) is 2.96. The molecule has 0 fully saturated rings. The molecule has 1 aromatic rings. The molecule has 0 radical (unpaired) electrons. The Morgan fingerprint density at radius 3 is 2.70 bits per heavy atom. The highest BCUT2D eigenvalue weighted by molar-refractivity contribution is 9.08. The summed E-state index contributed by atoms with van der Waals surface area (Å²) in [6.45, 7) is 0. The first-order chi connectivity index (χ1) is 4.34. The van der Waals surface area contributed by atoms with Crippen LogP contribution in [0, 0.1) is 5.82 Å². The van der Waals surface area contributed by atoms with Gasteiger partial charge in [0, 0.05) is 11.5 Å². The Kier molecular flexibility index (Phi) is 4.56. The molecular formula is C6H6BrClFN. The monoisotopic (exact) mass is 225 g/mol. The van der Waals surface area contributed by atoms with Crippen LogP contribution < -0.4 is 0 Å². The zero-order chi connectivity index (χ0) is 6.69. The maximum Gasteiger partial charge on any atom is 0.145 e. The summed E-state index contributed by atoms with van der Waals surface area (Å²) in [5.74, 6) is -0.255. The van der Waals surface area contributed by atoms with Crippen molar-refractivity contribution in [3.05, 3.63) is 29.8 Å². The summed E-state index contributed by atoms with van der Waals surface area (Å²) in [7, 11) is 0. The normalized spacial score (nSPS) is 8.60. The van der Waals surface area contributed by atoms with Gasteiger partial charge in [-0.2, -0.15) is 0 Å². The van der Waals surface area contributed by atoms with Crippen LogP contribution in [0.25, 0.3) is 0 Å². The van der Waals surface area contributed by atoms with Crippen molar-refractivity contribution in [3.63, 3.8) is 0 Å². The Labute approximate surface area is 73.2 Å². The van der Waals surface area contributed by atoms with E-state index in [4.69, 9.17) is 0 Å². The van der Waals surface area contributed by atoms with Crippen molar-refractivity contribution in [2.75, 3.05) is 0 Å². The average molecular weight is 226 g/mol. The molecule has 1 rings (SSSR count). The molecule has 0 aliphatic heterocycles. The molecule has 1 nitrogen and oxygen atoms in total. The molecule has 0 bridgehead atoms. The van der Waals surface area contributed by atoms with E-state index >= 15 is 0 Å². The Morgan fingerprint density at radius 2 is 2.30 bits per heavy atom. The molecule has 0 aliphatic carbocycles. The zero-order valence-corrected chi connectivity index (χ0v) is 7.45. The molecule has 1 heterocycles. The van der Waals surface area contributed by atoms with E-state index in [1.165, 1.54) is 6.07 Å². The quantitative estimate of drug-likeness (QED) is 0.671. The fourth-order valence-corrected chi connectivity index (χ4v) is 0.929. The van der Waals surface area contributed by atoms with Gasteiger partial charge < -0.3 is 0 Å². The number of alkyl halides is 1. The highest BCUT2D eigenvalue weighted by Gasteiger charge is 1.96. The van der Waals surface area contributed by atoms with Crippen LogP contribution >= 0.6 is 28.3 Å². The van der Waals surface area contributed by atoms with Gasteiger partial charge in [-0.25, -0.2) is 4.39 Å². The van der Waals surface area contributed by atoms with E-state index in [1.807, 2.05) is 0 Å². The SMILES string of the molecule is Cl.Fc1cccnc1CBr. The Morgan fingerprint density at radius 1 is 1.60 bits per heavy atom. The molecule has 0 unspecified atom stereocenters. The highest BCUT2D eigenvalue weighted by atomic mass is 79.9.